The predicted molar refractivity (Wildman–Crippen MR) is 66.2 cm³/mol. The van der Waals surface area contributed by atoms with Gasteiger partial charge in [0.1, 0.15) is 0 Å². The first kappa shape index (κ1) is 12.1. The molecule has 1 heterocycles. The van der Waals surface area contributed by atoms with E-state index in [9.17, 15) is 5.11 Å². The smallest absolute Gasteiger partial charge is 0.0991 e. The van der Waals surface area contributed by atoms with Crippen LogP contribution in [0.3, 0.4) is 0 Å². The second-order valence-electron chi connectivity index (χ2n) is 4.80. The van der Waals surface area contributed by atoms with Gasteiger partial charge in [-0.05, 0) is 36.6 Å². The second-order valence-corrected chi connectivity index (χ2v) is 4.80. The first-order valence-corrected chi connectivity index (χ1v) is 6.08. The maximum atomic E-state index is 9.39. The van der Waals surface area contributed by atoms with Crippen molar-refractivity contribution in [2.45, 2.75) is 25.9 Å². The summed E-state index contributed by atoms with van der Waals surface area (Å²) in [6, 6.07) is 10.1. The Morgan fingerprint density at radius 2 is 2.35 bits per heavy atom. The Kier molecular flexibility index (Phi) is 3.78. The Hall–Kier alpha value is -1.37. The molecule has 1 aliphatic heterocycles. The zero-order chi connectivity index (χ0) is 12.3. The van der Waals surface area contributed by atoms with E-state index in [2.05, 4.69) is 17.9 Å². The van der Waals surface area contributed by atoms with Crippen molar-refractivity contribution in [2.24, 2.45) is 5.92 Å². The van der Waals surface area contributed by atoms with Gasteiger partial charge in [-0.1, -0.05) is 19.1 Å². The van der Waals surface area contributed by atoms with E-state index in [1.807, 2.05) is 24.3 Å². The van der Waals surface area contributed by atoms with Gasteiger partial charge in [-0.2, -0.15) is 5.26 Å². The van der Waals surface area contributed by atoms with Crippen molar-refractivity contribution in [3.63, 3.8) is 0 Å². The first-order valence-electron chi connectivity index (χ1n) is 6.08. The average Bonchev–Trinajstić information content (AvgIpc) is 2.70. The Bertz CT molecular complexity index is 424. The Labute approximate surface area is 102 Å². The topological polar surface area (TPSA) is 47.3 Å². The summed E-state index contributed by atoms with van der Waals surface area (Å²) in [5, 5.41) is 18.3. The summed E-state index contributed by atoms with van der Waals surface area (Å²) < 4.78 is 0. The van der Waals surface area contributed by atoms with Gasteiger partial charge in [-0.15, -0.1) is 0 Å². The fourth-order valence-corrected chi connectivity index (χ4v) is 2.55. The lowest BCUT2D eigenvalue weighted by Gasteiger charge is -2.25. The zero-order valence-electron chi connectivity index (χ0n) is 10.1. The summed E-state index contributed by atoms with van der Waals surface area (Å²) in [4.78, 5) is 2.31. The molecule has 0 bridgehead atoms. The van der Waals surface area contributed by atoms with Crippen LogP contribution in [0, 0.1) is 17.2 Å². The van der Waals surface area contributed by atoms with E-state index < -0.39 is 0 Å². The molecule has 3 nitrogen and oxygen atoms in total. The van der Waals surface area contributed by atoms with Crippen molar-refractivity contribution in [3.05, 3.63) is 35.4 Å². The van der Waals surface area contributed by atoms with Crippen LogP contribution >= 0.6 is 0 Å². The molecule has 0 aliphatic carbocycles. The van der Waals surface area contributed by atoms with Crippen LogP contribution in [0.25, 0.3) is 0 Å². The standard InChI is InChI=1S/C14H18N2O/c1-11-5-6-16(14(11)10-17)9-13-4-2-3-12(7-13)8-15/h2-4,7,11,14,17H,5-6,9-10H2,1H3. The number of benzene rings is 1. The number of hydrogen-bond acceptors (Lipinski definition) is 3. The van der Waals surface area contributed by atoms with Crippen molar-refractivity contribution in [2.75, 3.05) is 13.2 Å². The third kappa shape index (κ3) is 2.66. The number of nitrogens with zero attached hydrogens (tertiary/aromatic N) is 2. The molecule has 17 heavy (non-hydrogen) atoms. The molecule has 0 saturated carbocycles. The Morgan fingerprint density at radius 3 is 3.06 bits per heavy atom. The van der Waals surface area contributed by atoms with Gasteiger partial charge in [0.2, 0.25) is 0 Å². The molecule has 2 rings (SSSR count). The largest absolute Gasteiger partial charge is 0.395 e. The van der Waals surface area contributed by atoms with Gasteiger partial charge < -0.3 is 5.11 Å². The minimum Gasteiger partial charge on any atom is -0.395 e. The number of hydrogen-bond donors (Lipinski definition) is 1. The molecule has 1 aromatic rings. The van der Waals surface area contributed by atoms with Crippen LogP contribution in [-0.2, 0) is 6.54 Å². The second kappa shape index (κ2) is 5.31. The molecular weight excluding hydrogens is 212 g/mol. The summed E-state index contributed by atoms with van der Waals surface area (Å²) in [5.41, 5.74) is 1.85. The highest BCUT2D eigenvalue weighted by molar-refractivity contribution is 5.32. The van der Waals surface area contributed by atoms with Crippen LogP contribution in [0.15, 0.2) is 24.3 Å². The van der Waals surface area contributed by atoms with Crippen LogP contribution in [0.2, 0.25) is 0 Å². The summed E-state index contributed by atoms with van der Waals surface area (Å²) in [6.07, 6.45) is 1.14. The van der Waals surface area contributed by atoms with E-state index in [4.69, 9.17) is 5.26 Å². The van der Waals surface area contributed by atoms with Gasteiger partial charge >= 0.3 is 0 Å². The molecule has 0 radical (unpaired) electrons. The third-order valence-electron chi connectivity index (χ3n) is 3.63. The van der Waals surface area contributed by atoms with E-state index in [0.29, 0.717) is 11.5 Å². The van der Waals surface area contributed by atoms with Gasteiger partial charge in [0.05, 0.1) is 18.2 Å². The maximum absolute atomic E-state index is 9.39. The summed E-state index contributed by atoms with van der Waals surface area (Å²) >= 11 is 0. The summed E-state index contributed by atoms with van der Waals surface area (Å²) in [5.74, 6) is 0.555. The fraction of sp³-hybridized carbons (Fsp3) is 0.500. The van der Waals surface area contributed by atoms with Crippen LogP contribution in [0.4, 0.5) is 0 Å². The third-order valence-corrected chi connectivity index (χ3v) is 3.63. The van der Waals surface area contributed by atoms with E-state index >= 15 is 0 Å². The van der Waals surface area contributed by atoms with Crippen molar-refractivity contribution < 1.29 is 5.11 Å². The van der Waals surface area contributed by atoms with Gasteiger partial charge in [-0.3, -0.25) is 4.90 Å². The Balaban J connectivity index is 2.08. The highest BCUT2D eigenvalue weighted by Crippen LogP contribution is 2.25. The molecule has 3 heteroatoms. The molecule has 0 spiro atoms. The molecule has 0 amide bonds. The molecule has 2 atom stereocenters. The molecule has 2 unspecified atom stereocenters. The van der Waals surface area contributed by atoms with E-state index in [0.717, 1.165) is 25.1 Å². The molecule has 1 saturated heterocycles. The normalized spacial score (nSPS) is 24.8. The monoisotopic (exact) mass is 230 g/mol. The van der Waals surface area contributed by atoms with E-state index in [1.54, 1.807) is 0 Å². The molecule has 1 fully saturated rings. The minimum atomic E-state index is 0.221. The number of aliphatic hydroxyl groups excluding tert-OH is 1. The van der Waals surface area contributed by atoms with Crippen LogP contribution < -0.4 is 0 Å². The number of aliphatic hydroxyl groups is 1. The highest BCUT2D eigenvalue weighted by atomic mass is 16.3. The van der Waals surface area contributed by atoms with Gasteiger partial charge in [0.15, 0.2) is 0 Å². The lowest BCUT2D eigenvalue weighted by Crippen LogP contribution is -2.34. The molecule has 1 N–H and O–H groups in total. The minimum absolute atomic E-state index is 0.221. The average molecular weight is 230 g/mol. The van der Waals surface area contributed by atoms with Crippen molar-refractivity contribution in [1.29, 1.82) is 5.26 Å². The number of rotatable bonds is 3. The Morgan fingerprint density at radius 1 is 1.53 bits per heavy atom. The SMILES string of the molecule is CC1CCN(Cc2cccc(C#N)c2)C1CO. The van der Waals surface area contributed by atoms with Gasteiger partial charge in [0.25, 0.3) is 0 Å². The van der Waals surface area contributed by atoms with Crippen LogP contribution in [0.1, 0.15) is 24.5 Å². The zero-order valence-corrected chi connectivity index (χ0v) is 10.1. The summed E-state index contributed by atoms with van der Waals surface area (Å²) in [7, 11) is 0. The number of nitriles is 1. The van der Waals surface area contributed by atoms with Crippen molar-refractivity contribution >= 4 is 0 Å². The summed E-state index contributed by atoms with van der Waals surface area (Å²) in [6.45, 7) is 4.26. The number of likely N-dealkylation sites (tertiary alicyclic amines) is 1. The van der Waals surface area contributed by atoms with Crippen molar-refractivity contribution in [1.82, 2.24) is 4.90 Å². The van der Waals surface area contributed by atoms with Crippen LogP contribution in [-0.4, -0.2) is 29.2 Å². The van der Waals surface area contributed by atoms with Gasteiger partial charge in [0, 0.05) is 12.6 Å². The van der Waals surface area contributed by atoms with Gasteiger partial charge in [-0.25, -0.2) is 0 Å². The highest BCUT2D eigenvalue weighted by Gasteiger charge is 2.30. The lowest BCUT2D eigenvalue weighted by molar-refractivity contribution is 0.134. The molecule has 1 aliphatic rings. The lowest BCUT2D eigenvalue weighted by atomic mass is 10.0. The van der Waals surface area contributed by atoms with Crippen molar-refractivity contribution in [3.8, 4) is 6.07 Å². The maximum Gasteiger partial charge on any atom is 0.0991 e. The van der Waals surface area contributed by atoms with E-state index in [1.165, 1.54) is 0 Å². The first-order chi connectivity index (χ1) is 8.24. The predicted octanol–water partition coefficient (Wildman–Crippen LogP) is 1.76. The van der Waals surface area contributed by atoms with E-state index in [-0.39, 0.29) is 12.6 Å². The molecule has 90 valence electrons. The quantitative estimate of drug-likeness (QED) is 0.860. The van der Waals surface area contributed by atoms with Crippen LogP contribution in [0.5, 0.6) is 0 Å². The molecule has 1 aromatic carbocycles. The molecule has 0 aromatic heterocycles. The fourth-order valence-electron chi connectivity index (χ4n) is 2.55. The molecular formula is C14H18N2O.